The lowest BCUT2D eigenvalue weighted by molar-refractivity contribution is -0.332. The molecular weight excluding hydrogens is 1240 g/mol. The molecule has 0 amide bonds. The van der Waals surface area contributed by atoms with Crippen LogP contribution >= 0.6 is 0 Å². The molecule has 0 spiro atoms. The summed E-state index contributed by atoms with van der Waals surface area (Å²) in [5, 5.41) is 0. The first kappa shape index (κ1) is 79.7. The van der Waals surface area contributed by atoms with Crippen LogP contribution in [0.1, 0.15) is 174 Å². The van der Waals surface area contributed by atoms with Crippen LogP contribution in [0.5, 0.6) is 23.0 Å². The van der Waals surface area contributed by atoms with Gasteiger partial charge in [-0.05, 0) is 140 Å². The molecule has 1 aliphatic heterocycles. The summed E-state index contributed by atoms with van der Waals surface area (Å²) >= 11 is 0. The van der Waals surface area contributed by atoms with Crippen LogP contribution in [0.25, 0.3) is 0 Å². The summed E-state index contributed by atoms with van der Waals surface area (Å²) in [6, 6.07) is 31.8. The third-order valence-corrected chi connectivity index (χ3v) is 39.5. The van der Waals surface area contributed by atoms with E-state index in [1.54, 1.807) is 28.4 Å². The van der Waals surface area contributed by atoms with Gasteiger partial charge in [0, 0.05) is 36.9 Å². The third-order valence-electron chi connectivity index (χ3n) is 21.4. The van der Waals surface area contributed by atoms with Gasteiger partial charge >= 0.3 is 0 Å². The molecule has 4 aromatic carbocycles. The minimum absolute atomic E-state index is 0.00415. The normalized spacial score (nSPS) is 21.0. The lowest BCUT2D eigenvalue weighted by Gasteiger charge is -2.49. The molecule has 532 valence electrons. The van der Waals surface area contributed by atoms with Gasteiger partial charge in [0.25, 0.3) is 8.32 Å². The molecule has 0 aromatic heterocycles. The summed E-state index contributed by atoms with van der Waals surface area (Å²) in [6.45, 7) is 50.3. The molecule has 13 nitrogen and oxygen atoms in total. The summed E-state index contributed by atoms with van der Waals surface area (Å²) in [5.74, 6) is 4.09. The Balaban J connectivity index is 1.52. The second-order valence-electron chi connectivity index (χ2n) is 30.1. The minimum Gasteiger partial charge on any atom is -0.546 e. The van der Waals surface area contributed by atoms with Gasteiger partial charge in [-0.1, -0.05) is 192 Å². The van der Waals surface area contributed by atoms with Crippen molar-refractivity contribution in [1.82, 2.24) is 0 Å². The summed E-state index contributed by atoms with van der Waals surface area (Å²) in [5.41, 5.74) is 8.49. The third kappa shape index (κ3) is 19.8. The van der Waals surface area contributed by atoms with Gasteiger partial charge in [0.2, 0.25) is 0 Å². The van der Waals surface area contributed by atoms with Gasteiger partial charge in [-0.3, -0.25) is 0 Å². The van der Waals surface area contributed by atoms with Crippen molar-refractivity contribution in [1.29, 1.82) is 0 Å². The Hall–Kier alpha value is -4.31. The molecule has 0 N–H and O–H groups in total. The molecule has 6 rings (SSSR count). The molecule has 1 aliphatic carbocycles. The van der Waals surface area contributed by atoms with E-state index >= 15 is 0 Å². The standard InChI is InChI=1S/C79H126O13Si3/c1-53(2)93(54(3)4,55(5)6)89-49-67(50-90-94(56(7)8,57(9)10)58(11)12)33-42-72-62(19)73(92-95(59(13)14,60(15)16)61(17)18)43-44-79(72,20)52-88-78-77(87-48-66-31-40-71(83-24)41-32-66)76(86-47-65-29-38-70(82-23)39-30-65)75(85-46-64-27-36-69(81-22)37-28-64)74(91-78)51-84-45-63-25-34-68(80-21)35-26-63/h25-42,53-61,67,72,74-78H,43-52H2,1-24H3/b42-33+/t72-,74-,75-,76+,77-,78-,79-/m1/s1. The first-order valence-corrected chi connectivity index (χ1v) is 42.0. The lowest BCUT2D eigenvalue weighted by atomic mass is 9.67. The summed E-state index contributed by atoms with van der Waals surface area (Å²) in [4.78, 5) is 0. The number of benzene rings is 4. The largest absolute Gasteiger partial charge is 0.546 e. The number of hydrogen-bond acceptors (Lipinski definition) is 13. The van der Waals surface area contributed by atoms with E-state index in [2.05, 4.69) is 151 Å². The second kappa shape index (κ2) is 36.7. The van der Waals surface area contributed by atoms with Crippen LogP contribution in [0.4, 0.5) is 0 Å². The Morgan fingerprint density at radius 2 is 0.800 bits per heavy atom. The SMILES string of the molecule is COc1ccc(COC[C@H]2O[C@@H](OC[C@@]3(C)CCC(O[Si](C(C)C)(C(C)C)C(C)C)=C(C)[C@H]3/C=C/C(CO[Si](C(C)C)(C(C)C)C(C)C)CO[Si](C(C)C)(C(C)C)C(C)C)[C@H](OCc3ccc(OC)cc3)[C@@H](OCc3ccc(OC)cc3)[C@@H]2OCc2ccc(OC)cc2)cc1. The summed E-state index contributed by atoms with van der Waals surface area (Å²) in [6.07, 6.45) is 2.73. The van der Waals surface area contributed by atoms with E-state index in [4.69, 9.17) is 60.6 Å². The van der Waals surface area contributed by atoms with Crippen molar-refractivity contribution in [2.75, 3.05) is 54.9 Å². The highest BCUT2D eigenvalue weighted by Crippen LogP contribution is 2.52. The van der Waals surface area contributed by atoms with Gasteiger partial charge in [-0.25, -0.2) is 0 Å². The Labute approximate surface area is 578 Å². The fraction of sp³-hybridized carbons (Fsp3) is 0.646. The number of hydrogen-bond donors (Lipinski definition) is 0. The van der Waals surface area contributed by atoms with Crippen molar-refractivity contribution < 1.29 is 60.6 Å². The molecule has 0 unspecified atom stereocenters. The summed E-state index contributed by atoms with van der Waals surface area (Å²) < 4.78 is 88.6. The van der Waals surface area contributed by atoms with Gasteiger partial charge in [0.15, 0.2) is 22.9 Å². The second-order valence-corrected chi connectivity index (χ2v) is 46.4. The van der Waals surface area contributed by atoms with Gasteiger partial charge in [0.1, 0.15) is 47.4 Å². The predicted molar refractivity (Wildman–Crippen MR) is 394 cm³/mol. The molecular formula is C79H126O13Si3. The van der Waals surface area contributed by atoms with Crippen LogP contribution in [-0.2, 0) is 68.1 Å². The van der Waals surface area contributed by atoms with Crippen LogP contribution in [0.3, 0.4) is 0 Å². The molecule has 4 aromatic rings. The van der Waals surface area contributed by atoms with E-state index in [9.17, 15) is 0 Å². The zero-order valence-corrected chi connectivity index (χ0v) is 66.0. The highest BCUT2D eigenvalue weighted by atomic mass is 28.4. The molecule has 0 bridgehead atoms. The molecule has 1 fully saturated rings. The maximum absolute atomic E-state index is 7.80. The van der Waals surface area contributed by atoms with E-state index in [0.717, 1.165) is 63.9 Å². The average Bonchev–Trinajstić information content (AvgIpc) is 0.774. The number of ether oxygens (including phenoxy) is 10. The molecule has 0 saturated carbocycles. The number of methoxy groups -OCH3 is 4. The van der Waals surface area contributed by atoms with Crippen molar-refractivity contribution >= 4 is 25.0 Å². The Bertz CT molecular complexity index is 2820. The molecule has 0 radical (unpaired) electrons. The zero-order valence-electron chi connectivity index (χ0n) is 63.0. The first-order valence-electron chi connectivity index (χ1n) is 35.6. The highest BCUT2D eigenvalue weighted by molar-refractivity contribution is 6.78. The molecule has 95 heavy (non-hydrogen) atoms. The molecule has 1 saturated heterocycles. The zero-order chi connectivity index (χ0) is 70.0. The highest BCUT2D eigenvalue weighted by Gasteiger charge is 2.53. The fourth-order valence-corrected chi connectivity index (χ4v) is 32.8. The predicted octanol–water partition coefficient (Wildman–Crippen LogP) is 20.2. The van der Waals surface area contributed by atoms with Crippen LogP contribution in [-0.4, -0.2) is 111 Å². The average molecular weight is 1370 g/mol. The molecule has 1 heterocycles. The van der Waals surface area contributed by atoms with E-state index in [1.165, 1.54) is 5.57 Å². The topological polar surface area (TPSA) is 120 Å². The monoisotopic (exact) mass is 1370 g/mol. The van der Waals surface area contributed by atoms with E-state index in [1.807, 2.05) is 97.1 Å². The molecule has 7 atom stereocenters. The smallest absolute Gasteiger partial charge is 0.258 e. The van der Waals surface area contributed by atoms with Crippen LogP contribution in [0.2, 0.25) is 49.9 Å². The number of allylic oxidation sites excluding steroid dienone is 3. The van der Waals surface area contributed by atoms with Crippen molar-refractivity contribution in [3.63, 3.8) is 0 Å². The first-order chi connectivity index (χ1) is 45.1. The van der Waals surface area contributed by atoms with Crippen LogP contribution in [0.15, 0.2) is 121 Å². The van der Waals surface area contributed by atoms with Gasteiger partial charge < -0.3 is 60.6 Å². The van der Waals surface area contributed by atoms with Crippen molar-refractivity contribution in [3.8, 4) is 23.0 Å². The Morgan fingerprint density at radius 3 is 1.16 bits per heavy atom. The van der Waals surface area contributed by atoms with Gasteiger partial charge in [-0.2, -0.15) is 0 Å². The Morgan fingerprint density at radius 1 is 0.453 bits per heavy atom. The molecule has 16 heteroatoms. The lowest BCUT2D eigenvalue weighted by Crippen LogP contribution is -2.62. The van der Waals surface area contributed by atoms with E-state index < -0.39 is 61.1 Å². The van der Waals surface area contributed by atoms with Gasteiger partial charge in [0.05, 0.1) is 73.8 Å². The van der Waals surface area contributed by atoms with Crippen LogP contribution in [0, 0.1) is 17.3 Å². The van der Waals surface area contributed by atoms with E-state index in [-0.39, 0.29) is 38.3 Å². The minimum atomic E-state index is -2.38. The maximum atomic E-state index is 7.80. The van der Waals surface area contributed by atoms with Crippen molar-refractivity contribution in [2.24, 2.45) is 17.3 Å². The van der Waals surface area contributed by atoms with E-state index in [0.29, 0.717) is 76.3 Å². The van der Waals surface area contributed by atoms with Gasteiger partial charge in [-0.15, -0.1) is 0 Å². The Kier molecular flexibility index (Phi) is 30.8. The maximum Gasteiger partial charge on any atom is 0.258 e. The fourth-order valence-electron chi connectivity index (χ4n) is 16.4. The van der Waals surface area contributed by atoms with Crippen molar-refractivity contribution in [3.05, 3.63) is 143 Å². The quantitative estimate of drug-likeness (QED) is 0.0312. The van der Waals surface area contributed by atoms with Crippen LogP contribution < -0.4 is 18.9 Å². The van der Waals surface area contributed by atoms with Crippen molar-refractivity contribution in [2.45, 2.75) is 258 Å². The number of rotatable bonds is 39. The summed E-state index contributed by atoms with van der Waals surface area (Å²) in [7, 11) is -0.246. The molecule has 2 aliphatic rings.